The molecule has 0 unspecified atom stereocenters. The molecule has 2 aromatic heterocycles. The van der Waals surface area contributed by atoms with Gasteiger partial charge in [0, 0.05) is 19.1 Å². The smallest absolute Gasteiger partial charge is 0.236 e. The van der Waals surface area contributed by atoms with Crippen LogP contribution in [0.4, 0.5) is 5.82 Å². The minimum Gasteiger partial charge on any atom is -0.376 e. The largest absolute Gasteiger partial charge is 0.376 e. The molecule has 2 aromatic rings. The molecule has 3 heterocycles. The van der Waals surface area contributed by atoms with Crippen LogP contribution in [-0.4, -0.2) is 44.3 Å². The Bertz CT molecular complexity index is 708. The van der Waals surface area contributed by atoms with Gasteiger partial charge in [0.15, 0.2) is 11.0 Å². The van der Waals surface area contributed by atoms with Crippen LogP contribution in [0.1, 0.15) is 37.8 Å². The number of hydrogen-bond donors (Lipinski definition) is 1. The number of carbonyl (C=O) groups is 1. The Kier molecular flexibility index (Phi) is 6.09. The molecule has 1 atom stereocenters. The van der Waals surface area contributed by atoms with Gasteiger partial charge in [0.2, 0.25) is 5.91 Å². The predicted molar refractivity (Wildman–Crippen MR) is 93.6 cm³/mol. The summed E-state index contributed by atoms with van der Waals surface area (Å²) in [5.41, 5.74) is 0. The second-order valence-electron chi connectivity index (χ2n) is 6.05. The van der Waals surface area contributed by atoms with Gasteiger partial charge in [-0.15, -0.1) is 10.2 Å². The molecular weight excluding hydrogens is 342 g/mol. The number of thioether (sulfide) groups is 1. The first-order chi connectivity index (χ1) is 12.2. The maximum atomic E-state index is 12.1. The molecule has 9 heteroatoms. The molecule has 25 heavy (non-hydrogen) atoms. The lowest BCUT2D eigenvalue weighted by Gasteiger charge is -2.14. The van der Waals surface area contributed by atoms with Crippen molar-refractivity contribution in [2.45, 2.75) is 57.3 Å². The Hall–Kier alpha value is -1.87. The third-order valence-corrected chi connectivity index (χ3v) is 4.87. The summed E-state index contributed by atoms with van der Waals surface area (Å²) < 4.78 is 12.8. The third-order valence-electron chi connectivity index (χ3n) is 3.91. The summed E-state index contributed by atoms with van der Waals surface area (Å²) in [6, 6.07) is 1.68. The van der Waals surface area contributed by atoms with E-state index in [1.165, 1.54) is 11.8 Å². The van der Waals surface area contributed by atoms with Crippen molar-refractivity contribution in [1.29, 1.82) is 0 Å². The van der Waals surface area contributed by atoms with Gasteiger partial charge in [0.1, 0.15) is 11.6 Å². The van der Waals surface area contributed by atoms with Crippen LogP contribution < -0.4 is 5.32 Å². The average molecular weight is 365 g/mol. The Labute approximate surface area is 150 Å². The van der Waals surface area contributed by atoms with E-state index in [2.05, 4.69) is 32.2 Å². The summed E-state index contributed by atoms with van der Waals surface area (Å²) in [7, 11) is 0. The van der Waals surface area contributed by atoms with E-state index in [4.69, 9.17) is 9.26 Å². The summed E-state index contributed by atoms with van der Waals surface area (Å²) in [5, 5.41) is 15.8. The number of aryl methyl sites for hydroxylation is 2. The number of aromatic nitrogens is 4. The van der Waals surface area contributed by atoms with Gasteiger partial charge in [0.05, 0.1) is 18.4 Å². The second kappa shape index (κ2) is 8.48. The van der Waals surface area contributed by atoms with E-state index in [1.54, 1.807) is 13.0 Å². The van der Waals surface area contributed by atoms with Crippen molar-refractivity contribution in [2.24, 2.45) is 0 Å². The molecule has 0 bridgehead atoms. The third kappa shape index (κ3) is 4.82. The van der Waals surface area contributed by atoms with Crippen molar-refractivity contribution in [3.05, 3.63) is 17.7 Å². The normalized spacial score (nSPS) is 17.1. The van der Waals surface area contributed by atoms with Crippen molar-refractivity contribution in [3.63, 3.8) is 0 Å². The highest BCUT2D eigenvalue weighted by Gasteiger charge is 2.21. The summed E-state index contributed by atoms with van der Waals surface area (Å²) in [6.45, 7) is 5.46. The van der Waals surface area contributed by atoms with Crippen LogP contribution in [0, 0.1) is 6.92 Å². The lowest BCUT2D eigenvalue weighted by molar-refractivity contribution is -0.113. The fraction of sp³-hybridized carbons (Fsp3) is 0.625. The topological polar surface area (TPSA) is 95.1 Å². The molecule has 0 aliphatic carbocycles. The van der Waals surface area contributed by atoms with Gasteiger partial charge in [-0.2, -0.15) is 0 Å². The van der Waals surface area contributed by atoms with Gasteiger partial charge >= 0.3 is 0 Å². The maximum absolute atomic E-state index is 12.1. The number of nitrogens with zero attached hydrogens (tertiary/aromatic N) is 4. The molecule has 3 rings (SSSR count). The first-order valence-corrected chi connectivity index (χ1v) is 9.54. The van der Waals surface area contributed by atoms with Crippen molar-refractivity contribution < 1.29 is 14.1 Å². The van der Waals surface area contributed by atoms with Crippen molar-refractivity contribution in [2.75, 3.05) is 17.7 Å². The lowest BCUT2D eigenvalue weighted by Crippen LogP contribution is -2.19. The number of ether oxygens (including phenoxy) is 1. The quantitative estimate of drug-likeness (QED) is 0.718. The van der Waals surface area contributed by atoms with Gasteiger partial charge in [-0.3, -0.25) is 4.79 Å². The predicted octanol–water partition coefficient (Wildman–Crippen LogP) is 2.44. The van der Waals surface area contributed by atoms with Crippen molar-refractivity contribution >= 4 is 23.5 Å². The van der Waals surface area contributed by atoms with E-state index in [-0.39, 0.29) is 17.8 Å². The van der Waals surface area contributed by atoms with E-state index in [0.29, 0.717) is 11.6 Å². The van der Waals surface area contributed by atoms with E-state index in [0.717, 1.165) is 49.8 Å². The number of rotatable bonds is 8. The molecule has 0 aromatic carbocycles. The molecule has 0 saturated carbocycles. The number of hydrogen-bond acceptors (Lipinski definition) is 7. The number of nitrogens with one attached hydrogen (secondary N) is 1. The average Bonchev–Trinajstić information content (AvgIpc) is 3.31. The van der Waals surface area contributed by atoms with Crippen molar-refractivity contribution in [3.8, 4) is 0 Å². The highest BCUT2D eigenvalue weighted by Crippen LogP contribution is 2.22. The highest BCUT2D eigenvalue weighted by atomic mass is 32.2. The van der Waals surface area contributed by atoms with Crippen LogP contribution >= 0.6 is 11.8 Å². The van der Waals surface area contributed by atoms with Crippen LogP contribution in [0.5, 0.6) is 0 Å². The van der Waals surface area contributed by atoms with Crippen LogP contribution in [0.15, 0.2) is 15.7 Å². The first kappa shape index (κ1) is 17.9. The molecule has 1 aliphatic heterocycles. The minimum atomic E-state index is -0.151. The highest BCUT2D eigenvalue weighted by molar-refractivity contribution is 7.99. The molecule has 136 valence electrons. The maximum Gasteiger partial charge on any atom is 0.236 e. The van der Waals surface area contributed by atoms with E-state index in [1.807, 2.05) is 0 Å². The molecule has 8 nitrogen and oxygen atoms in total. The van der Waals surface area contributed by atoms with Crippen LogP contribution in [0.2, 0.25) is 0 Å². The van der Waals surface area contributed by atoms with Gasteiger partial charge in [-0.25, -0.2) is 0 Å². The molecule has 0 spiro atoms. The molecule has 1 N–H and O–H groups in total. The first-order valence-electron chi connectivity index (χ1n) is 8.55. The summed E-state index contributed by atoms with van der Waals surface area (Å²) >= 11 is 1.37. The van der Waals surface area contributed by atoms with Gasteiger partial charge in [-0.05, 0) is 26.2 Å². The molecule has 0 radical (unpaired) electrons. The summed E-state index contributed by atoms with van der Waals surface area (Å²) in [5.74, 6) is 2.12. The van der Waals surface area contributed by atoms with Crippen LogP contribution in [0.25, 0.3) is 0 Å². The van der Waals surface area contributed by atoms with E-state index < -0.39 is 0 Å². The molecule has 1 aliphatic rings. The Morgan fingerprint density at radius 2 is 2.36 bits per heavy atom. The van der Waals surface area contributed by atoms with E-state index in [9.17, 15) is 4.79 Å². The lowest BCUT2D eigenvalue weighted by atomic mass is 10.2. The number of anilines is 1. The van der Waals surface area contributed by atoms with Gasteiger partial charge in [0.25, 0.3) is 0 Å². The SMILES string of the molecule is CCCc1nnc(SCC(=O)Nc2cc(C)on2)n1C[C@H]1CCCO1. The Balaban J connectivity index is 1.61. The van der Waals surface area contributed by atoms with Crippen LogP contribution in [0.3, 0.4) is 0 Å². The number of carbonyl (C=O) groups excluding carboxylic acids is 1. The fourth-order valence-electron chi connectivity index (χ4n) is 2.74. The van der Waals surface area contributed by atoms with Crippen molar-refractivity contribution in [1.82, 2.24) is 19.9 Å². The van der Waals surface area contributed by atoms with Gasteiger partial charge in [-0.1, -0.05) is 23.8 Å². The van der Waals surface area contributed by atoms with E-state index >= 15 is 0 Å². The molecule has 1 saturated heterocycles. The molecule has 1 amide bonds. The zero-order chi connectivity index (χ0) is 17.6. The van der Waals surface area contributed by atoms with Gasteiger partial charge < -0.3 is 19.1 Å². The molecule has 1 fully saturated rings. The summed E-state index contributed by atoms with van der Waals surface area (Å²) in [4.78, 5) is 12.1. The fourth-order valence-corrected chi connectivity index (χ4v) is 3.51. The second-order valence-corrected chi connectivity index (χ2v) is 7.00. The summed E-state index contributed by atoms with van der Waals surface area (Å²) in [6.07, 6.45) is 4.22. The monoisotopic (exact) mass is 365 g/mol. The minimum absolute atomic E-state index is 0.151. The molecular formula is C16H23N5O3S. The Morgan fingerprint density at radius 1 is 1.48 bits per heavy atom. The standard InChI is InChI=1S/C16H23N5O3S/c1-3-5-14-18-19-16(21(14)9-12-6-4-7-23-12)25-10-15(22)17-13-8-11(2)24-20-13/h8,12H,3-7,9-10H2,1-2H3,(H,17,20,22)/t12-/m1/s1. The zero-order valence-electron chi connectivity index (χ0n) is 14.5. The Morgan fingerprint density at radius 3 is 3.04 bits per heavy atom. The zero-order valence-corrected chi connectivity index (χ0v) is 15.3. The number of amides is 1. The van der Waals surface area contributed by atoms with Crippen LogP contribution in [-0.2, 0) is 22.5 Å².